The maximum atomic E-state index is 13.1. The lowest BCUT2D eigenvalue weighted by atomic mass is 9.99. The minimum absolute atomic E-state index is 0.106. The number of aliphatic hydroxyl groups is 1. The Kier molecular flexibility index (Phi) is 69.9. The number of hydrogen-bond donors (Lipinski definition) is 3. The molecule has 0 aromatic carbocycles. The maximum absolute atomic E-state index is 13.1. The minimum atomic E-state index is -4.96. The van der Waals surface area contributed by atoms with Crippen LogP contribution < -0.4 is 0 Å². The summed E-state index contributed by atoms with van der Waals surface area (Å²) in [5, 5.41) is 10.6. The van der Waals surface area contributed by atoms with Crippen molar-refractivity contribution < 1.29 is 80.2 Å². The van der Waals surface area contributed by atoms with Crippen LogP contribution >= 0.6 is 15.6 Å². The number of carbonyl (C=O) groups is 4. The van der Waals surface area contributed by atoms with E-state index in [0.717, 1.165) is 108 Å². The third-order valence-corrected chi connectivity index (χ3v) is 21.1. The molecule has 0 aliphatic rings. The van der Waals surface area contributed by atoms with Gasteiger partial charge in [0.1, 0.15) is 19.3 Å². The highest BCUT2D eigenvalue weighted by Gasteiger charge is 2.30. The predicted octanol–water partition coefficient (Wildman–Crippen LogP) is 24.1. The molecular formula is C81H158O17P2. The number of phosphoric ester groups is 2. The van der Waals surface area contributed by atoms with Gasteiger partial charge in [-0.05, 0) is 43.4 Å². The van der Waals surface area contributed by atoms with Crippen LogP contribution in [0.5, 0.6) is 0 Å². The second-order valence-corrected chi connectivity index (χ2v) is 33.3. The Morgan fingerprint density at radius 3 is 0.760 bits per heavy atom. The molecule has 0 amide bonds. The number of hydrogen-bond acceptors (Lipinski definition) is 15. The summed E-state index contributed by atoms with van der Waals surface area (Å²) in [5.74, 6) is 0.264. The van der Waals surface area contributed by atoms with E-state index in [0.29, 0.717) is 31.6 Å². The first-order valence-corrected chi connectivity index (χ1v) is 44.9. The number of carbonyl (C=O) groups excluding carboxylic acids is 4. The molecule has 0 aromatic heterocycles. The van der Waals surface area contributed by atoms with Gasteiger partial charge in [0.2, 0.25) is 0 Å². The highest BCUT2D eigenvalue weighted by Crippen LogP contribution is 2.45. The molecule has 0 aliphatic carbocycles. The Morgan fingerprint density at radius 2 is 0.510 bits per heavy atom. The second-order valence-electron chi connectivity index (χ2n) is 30.4. The van der Waals surface area contributed by atoms with E-state index in [4.69, 9.17) is 37.0 Å². The summed E-state index contributed by atoms with van der Waals surface area (Å²) in [6, 6.07) is 0. The Balaban J connectivity index is 5.21. The summed E-state index contributed by atoms with van der Waals surface area (Å²) in [6.07, 6.45) is 59.7. The Morgan fingerprint density at radius 1 is 0.290 bits per heavy atom. The van der Waals surface area contributed by atoms with E-state index < -0.39 is 97.5 Å². The van der Waals surface area contributed by atoms with Crippen molar-refractivity contribution in [1.82, 2.24) is 0 Å². The quantitative estimate of drug-likeness (QED) is 0.0222. The molecule has 19 heteroatoms. The SMILES string of the molecule is CCCCCCCCCCCCCC(=O)O[C@H](COC(=O)CCCCCCCCCC(C)C)COP(=O)(O)OC[C@H](O)COP(=O)(O)OC[C@@H](COC(=O)CCCCCCCCCCCCCCCCC(C)CC)OC(=O)CCCCCCCCCCCCCCCCCCCCC(C)C. The molecule has 3 N–H and O–H groups in total. The van der Waals surface area contributed by atoms with E-state index in [1.807, 2.05) is 0 Å². The van der Waals surface area contributed by atoms with Gasteiger partial charge in [-0.2, -0.15) is 0 Å². The minimum Gasteiger partial charge on any atom is -0.462 e. The van der Waals surface area contributed by atoms with E-state index in [1.165, 1.54) is 225 Å². The smallest absolute Gasteiger partial charge is 0.462 e. The van der Waals surface area contributed by atoms with Crippen LogP contribution in [0.25, 0.3) is 0 Å². The lowest BCUT2D eigenvalue weighted by molar-refractivity contribution is -0.161. The van der Waals surface area contributed by atoms with Gasteiger partial charge in [0.15, 0.2) is 12.2 Å². The van der Waals surface area contributed by atoms with Gasteiger partial charge in [-0.15, -0.1) is 0 Å². The van der Waals surface area contributed by atoms with Gasteiger partial charge in [-0.25, -0.2) is 9.13 Å². The number of esters is 4. The average Bonchev–Trinajstić information content (AvgIpc) is 1.17. The van der Waals surface area contributed by atoms with Gasteiger partial charge in [0.05, 0.1) is 26.4 Å². The first-order chi connectivity index (χ1) is 48.3. The molecule has 17 nitrogen and oxygen atoms in total. The molecule has 0 fully saturated rings. The number of rotatable bonds is 79. The van der Waals surface area contributed by atoms with Crippen LogP contribution in [0.3, 0.4) is 0 Å². The fourth-order valence-corrected chi connectivity index (χ4v) is 14.0. The molecule has 100 heavy (non-hydrogen) atoms. The van der Waals surface area contributed by atoms with Crippen LogP contribution in [-0.4, -0.2) is 96.7 Å². The van der Waals surface area contributed by atoms with E-state index in [1.54, 1.807) is 0 Å². The lowest BCUT2D eigenvalue weighted by Crippen LogP contribution is -2.30. The monoisotopic (exact) mass is 1470 g/mol. The van der Waals surface area contributed by atoms with Crippen LogP contribution in [-0.2, 0) is 65.4 Å². The maximum Gasteiger partial charge on any atom is 0.472 e. The molecule has 0 heterocycles. The molecule has 6 atom stereocenters. The van der Waals surface area contributed by atoms with E-state index in [-0.39, 0.29) is 25.7 Å². The van der Waals surface area contributed by atoms with Crippen molar-refractivity contribution in [3.63, 3.8) is 0 Å². The zero-order valence-electron chi connectivity index (χ0n) is 65.7. The third-order valence-electron chi connectivity index (χ3n) is 19.2. The largest absolute Gasteiger partial charge is 0.472 e. The van der Waals surface area contributed by atoms with Crippen LogP contribution in [0, 0.1) is 17.8 Å². The number of unbranched alkanes of at least 4 members (excludes halogenated alkanes) is 46. The van der Waals surface area contributed by atoms with Crippen LogP contribution in [0.1, 0.15) is 421 Å². The topological polar surface area (TPSA) is 237 Å². The summed E-state index contributed by atoms with van der Waals surface area (Å²) < 4.78 is 68.6. The zero-order valence-corrected chi connectivity index (χ0v) is 67.5. The summed E-state index contributed by atoms with van der Waals surface area (Å²) in [5.41, 5.74) is 0. The van der Waals surface area contributed by atoms with Gasteiger partial charge in [-0.1, -0.05) is 370 Å². The van der Waals surface area contributed by atoms with E-state index >= 15 is 0 Å². The summed E-state index contributed by atoms with van der Waals surface area (Å²) >= 11 is 0. The Bertz CT molecular complexity index is 1940. The third kappa shape index (κ3) is 73.0. The van der Waals surface area contributed by atoms with Crippen LogP contribution in [0.2, 0.25) is 0 Å². The van der Waals surface area contributed by atoms with Gasteiger partial charge in [0.25, 0.3) is 0 Å². The normalized spacial score (nSPS) is 14.2. The summed E-state index contributed by atoms with van der Waals surface area (Å²) in [4.78, 5) is 72.9. The van der Waals surface area contributed by atoms with Gasteiger partial charge < -0.3 is 33.8 Å². The standard InChI is InChI=1S/C81H158O17P2/c1-8-10-11-12-13-14-27-35-42-50-57-64-80(85)98-77(69-92-79(84)63-56-49-44-37-39-46-53-60-73(5)6)71-96-100(89,90)94-67-75(82)66-93-99(87,88)95-70-76(68-91-78(83)62-55-48-41-34-30-25-22-21-24-29-33-40-47-54-61-74(7)9-2)97-81(86)65-58-51-43-36-31-26-20-18-16-15-17-19-23-28-32-38-45-52-59-72(3)4/h72-77,82H,8-71H2,1-7H3,(H,87,88)(H,89,90)/t74?,75-,76-,77-/m1/s1. The molecule has 0 spiro atoms. The first kappa shape index (κ1) is 98.1. The number of ether oxygens (including phenoxy) is 4. The highest BCUT2D eigenvalue weighted by atomic mass is 31.2. The van der Waals surface area contributed by atoms with E-state index in [9.17, 15) is 43.2 Å². The zero-order chi connectivity index (χ0) is 73.7. The highest BCUT2D eigenvalue weighted by molar-refractivity contribution is 7.47. The molecule has 0 aromatic rings. The average molecular weight is 1470 g/mol. The molecule has 0 saturated carbocycles. The van der Waals surface area contributed by atoms with Crippen molar-refractivity contribution in [1.29, 1.82) is 0 Å². The molecule has 0 saturated heterocycles. The number of aliphatic hydroxyl groups excluding tert-OH is 1. The molecular weight excluding hydrogens is 1310 g/mol. The fourth-order valence-electron chi connectivity index (χ4n) is 12.5. The lowest BCUT2D eigenvalue weighted by Gasteiger charge is -2.21. The van der Waals surface area contributed by atoms with Gasteiger partial charge >= 0.3 is 39.5 Å². The van der Waals surface area contributed by atoms with Gasteiger partial charge in [-0.3, -0.25) is 37.3 Å². The van der Waals surface area contributed by atoms with Crippen molar-refractivity contribution in [2.45, 2.75) is 439 Å². The fraction of sp³-hybridized carbons (Fsp3) is 0.951. The molecule has 0 bridgehead atoms. The van der Waals surface area contributed by atoms with Crippen molar-refractivity contribution in [3.8, 4) is 0 Å². The second kappa shape index (κ2) is 71.3. The van der Waals surface area contributed by atoms with E-state index in [2.05, 4.69) is 48.5 Å². The molecule has 0 aliphatic heterocycles. The number of phosphoric acid groups is 2. The van der Waals surface area contributed by atoms with Crippen LogP contribution in [0.15, 0.2) is 0 Å². The Labute approximate surface area is 613 Å². The molecule has 0 radical (unpaired) electrons. The molecule has 0 rings (SSSR count). The summed E-state index contributed by atoms with van der Waals surface area (Å²) in [6.45, 7) is 12.0. The van der Waals surface area contributed by atoms with Gasteiger partial charge in [0, 0.05) is 25.7 Å². The predicted molar refractivity (Wildman–Crippen MR) is 409 cm³/mol. The first-order valence-electron chi connectivity index (χ1n) is 41.9. The van der Waals surface area contributed by atoms with Crippen molar-refractivity contribution in [3.05, 3.63) is 0 Å². The molecule has 594 valence electrons. The van der Waals surface area contributed by atoms with Crippen molar-refractivity contribution in [2.24, 2.45) is 17.8 Å². The summed E-state index contributed by atoms with van der Waals surface area (Å²) in [7, 11) is -9.92. The van der Waals surface area contributed by atoms with Crippen molar-refractivity contribution >= 4 is 39.5 Å². The van der Waals surface area contributed by atoms with Crippen LogP contribution in [0.4, 0.5) is 0 Å². The Hall–Kier alpha value is -1.94. The van der Waals surface area contributed by atoms with Crippen molar-refractivity contribution in [2.75, 3.05) is 39.6 Å². The molecule has 3 unspecified atom stereocenters.